The number of nitrogens with zero attached hydrogens (tertiary/aromatic N) is 1. The largest absolute Gasteiger partial charge is 0.444 e. The molecule has 1 amide bonds. The number of likely N-dealkylation sites (tertiary alicyclic amines) is 1. The van der Waals surface area contributed by atoms with Crippen LogP contribution >= 0.6 is 15.9 Å². The number of benzene rings is 1. The van der Waals surface area contributed by atoms with Crippen molar-refractivity contribution in [2.75, 3.05) is 13.1 Å². The van der Waals surface area contributed by atoms with Gasteiger partial charge in [-0.05, 0) is 38.5 Å². The van der Waals surface area contributed by atoms with E-state index in [-0.39, 0.29) is 25.3 Å². The van der Waals surface area contributed by atoms with E-state index in [1.165, 1.54) is 11.0 Å². The number of β-amino-alcohol motifs (C(OH)–C–C–N with tert-alkyl or cyclic N) is 1. The summed E-state index contributed by atoms with van der Waals surface area (Å²) in [5.41, 5.74) is -1.22. The minimum Gasteiger partial charge on any atom is -0.444 e. The number of rotatable bonds is 2. The van der Waals surface area contributed by atoms with Crippen molar-refractivity contribution in [2.24, 2.45) is 0 Å². The van der Waals surface area contributed by atoms with E-state index >= 15 is 0 Å². The zero-order chi connectivity index (χ0) is 15.8. The molecule has 4 nitrogen and oxygen atoms in total. The summed E-state index contributed by atoms with van der Waals surface area (Å²) >= 11 is 3.19. The molecule has 1 aromatic rings. The number of hydrogen-bond acceptors (Lipinski definition) is 3. The van der Waals surface area contributed by atoms with Crippen molar-refractivity contribution < 1.29 is 19.0 Å². The average molecular weight is 360 g/mol. The Morgan fingerprint density at radius 2 is 2.10 bits per heavy atom. The van der Waals surface area contributed by atoms with Gasteiger partial charge in [-0.25, -0.2) is 9.18 Å². The maximum absolute atomic E-state index is 13.8. The zero-order valence-corrected chi connectivity index (χ0v) is 13.9. The number of ether oxygens (including phenoxy) is 1. The third kappa shape index (κ3) is 4.17. The molecule has 1 N–H and O–H groups in total. The van der Waals surface area contributed by atoms with Crippen LogP contribution in [-0.4, -0.2) is 40.4 Å². The molecule has 116 valence electrons. The van der Waals surface area contributed by atoms with E-state index in [1.807, 2.05) is 0 Å². The predicted molar refractivity (Wildman–Crippen MR) is 80.6 cm³/mol. The monoisotopic (exact) mass is 359 g/mol. The Morgan fingerprint density at radius 3 is 2.62 bits per heavy atom. The smallest absolute Gasteiger partial charge is 0.410 e. The van der Waals surface area contributed by atoms with E-state index in [4.69, 9.17) is 4.74 Å². The van der Waals surface area contributed by atoms with E-state index in [2.05, 4.69) is 15.9 Å². The van der Waals surface area contributed by atoms with Crippen LogP contribution in [0.15, 0.2) is 22.7 Å². The number of carbonyl (C=O) groups is 1. The second-order valence-corrected chi connectivity index (χ2v) is 7.39. The molecular weight excluding hydrogens is 341 g/mol. The maximum atomic E-state index is 13.8. The SMILES string of the molecule is CC(C)(C)OC(=O)N1CC(O)(Cc2ccc(Br)cc2F)C1. The molecule has 0 radical (unpaired) electrons. The Bertz CT molecular complexity index is 550. The molecule has 0 aromatic heterocycles. The van der Waals surface area contributed by atoms with E-state index in [1.54, 1.807) is 32.9 Å². The number of aliphatic hydroxyl groups is 1. The van der Waals surface area contributed by atoms with Crippen LogP contribution in [0.3, 0.4) is 0 Å². The van der Waals surface area contributed by atoms with Crippen LogP contribution in [0.25, 0.3) is 0 Å². The molecule has 2 rings (SSSR count). The lowest BCUT2D eigenvalue weighted by Crippen LogP contribution is -2.65. The summed E-state index contributed by atoms with van der Waals surface area (Å²) in [5.74, 6) is -0.367. The molecule has 0 atom stereocenters. The lowest BCUT2D eigenvalue weighted by Gasteiger charge is -2.46. The highest BCUT2D eigenvalue weighted by atomic mass is 79.9. The predicted octanol–water partition coefficient (Wildman–Crippen LogP) is 3.11. The average Bonchev–Trinajstić information content (AvgIpc) is 2.27. The van der Waals surface area contributed by atoms with Crippen molar-refractivity contribution in [3.05, 3.63) is 34.1 Å². The third-order valence-electron chi connectivity index (χ3n) is 3.16. The summed E-state index contributed by atoms with van der Waals surface area (Å²) in [6, 6.07) is 4.72. The van der Waals surface area contributed by atoms with E-state index in [0.717, 1.165) is 0 Å². The van der Waals surface area contributed by atoms with E-state index < -0.39 is 17.3 Å². The van der Waals surface area contributed by atoms with E-state index in [0.29, 0.717) is 10.0 Å². The van der Waals surface area contributed by atoms with Crippen LogP contribution in [0.5, 0.6) is 0 Å². The Hall–Kier alpha value is -1.14. The Kier molecular flexibility index (Phi) is 4.31. The molecule has 1 aliphatic heterocycles. The molecular formula is C15H19BrFNO3. The van der Waals surface area contributed by atoms with Crippen molar-refractivity contribution >= 4 is 22.0 Å². The van der Waals surface area contributed by atoms with Gasteiger partial charge < -0.3 is 14.7 Å². The van der Waals surface area contributed by atoms with Crippen molar-refractivity contribution in [1.29, 1.82) is 0 Å². The normalized spacial score (nSPS) is 17.3. The summed E-state index contributed by atoms with van der Waals surface area (Å²) in [6.07, 6.45) is -0.283. The third-order valence-corrected chi connectivity index (χ3v) is 3.65. The molecule has 1 heterocycles. The zero-order valence-electron chi connectivity index (χ0n) is 12.3. The summed E-state index contributed by atoms with van der Waals surface area (Å²) in [6.45, 7) is 5.66. The maximum Gasteiger partial charge on any atom is 0.410 e. The van der Waals surface area contributed by atoms with Gasteiger partial charge in [0.25, 0.3) is 0 Å². The lowest BCUT2D eigenvalue weighted by atomic mass is 9.87. The number of hydrogen-bond donors (Lipinski definition) is 1. The molecule has 0 unspecified atom stereocenters. The molecule has 1 fully saturated rings. The van der Waals surface area contributed by atoms with Crippen LogP contribution in [0.1, 0.15) is 26.3 Å². The Labute approximate surface area is 132 Å². The molecule has 0 spiro atoms. The molecule has 0 saturated carbocycles. The standard InChI is InChI=1S/C15H19BrFNO3/c1-14(2,3)21-13(19)18-8-15(20,9-18)7-10-4-5-11(16)6-12(10)17/h4-6,20H,7-9H2,1-3H3. The molecule has 1 saturated heterocycles. The van der Waals surface area contributed by atoms with Gasteiger partial charge >= 0.3 is 6.09 Å². The summed E-state index contributed by atoms with van der Waals surface area (Å²) in [5, 5.41) is 10.3. The van der Waals surface area contributed by atoms with Crippen LogP contribution in [0, 0.1) is 5.82 Å². The fourth-order valence-electron chi connectivity index (χ4n) is 2.25. The van der Waals surface area contributed by atoms with Crippen LogP contribution < -0.4 is 0 Å². The number of carbonyl (C=O) groups excluding carboxylic acids is 1. The summed E-state index contributed by atoms with van der Waals surface area (Å²) in [4.78, 5) is 13.2. The highest BCUT2D eigenvalue weighted by Gasteiger charge is 2.45. The minimum atomic E-state index is -1.09. The minimum absolute atomic E-state index is 0.150. The highest BCUT2D eigenvalue weighted by molar-refractivity contribution is 9.10. The van der Waals surface area contributed by atoms with Crippen molar-refractivity contribution in [2.45, 2.75) is 38.4 Å². The van der Waals surface area contributed by atoms with E-state index in [9.17, 15) is 14.3 Å². The molecule has 1 aromatic carbocycles. The molecule has 1 aliphatic rings. The molecule has 0 aliphatic carbocycles. The fraction of sp³-hybridized carbons (Fsp3) is 0.533. The fourth-order valence-corrected chi connectivity index (χ4v) is 2.58. The lowest BCUT2D eigenvalue weighted by molar-refractivity contribution is -0.0976. The van der Waals surface area contributed by atoms with Gasteiger partial charge in [0.15, 0.2) is 0 Å². The first-order valence-corrected chi connectivity index (χ1v) is 7.52. The first-order valence-electron chi connectivity index (χ1n) is 6.72. The molecule has 21 heavy (non-hydrogen) atoms. The second-order valence-electron chi connectivity index (χ2n) is 6.47. The Morgan fingerprint density at radius 1 is 1.48 bits per heavy atom. The quantitative estimate of drug-likeness (QED) is 0.882. The van der Waals surface area contributed by atoms with Crippen LogP contribution in [0.4, 0.5) is 9.18 Å². The van der Waals surface area contributed by atoms with Gasteiger partial charge in [0.2, 0.25) is 0 Å². The van der Waals surface area contributed by atoms with Gasteiger partial charge in [0.1, 0.15) is 17.0 Å². The second kappa shape index (κ2) is 5.57. The van der Waals surface area contributed by atoms with Gasteiger partial charge in [-0.15, -0.1) is 0 Å². The number of amides is 1. The van der Waals surface area contributed by atoms with Crippen LogP contribution in [0.2, 0.25) is 0 Å². The van der Waals surface area contributed by atoms with Gasteiger partial charge in [-0.1, -0.05) is 22.0 Å². The topological polar surface area (TPSA) is 49.8 Å². The van der Waals surface area contributed by atoms with Crippen molar-refractivity contribution in [1.82, 2.24) is 4.90 Å². The Balaban J connectivity index is 1.94. The molecule has 6 heteroatoms. The highest BCUT2D eigenvalue weighted by Crippen LogP contribution is 2.28. The van der Waals surface area contributed by atoms with Crippen molar-refractivity contribution in [3.8, 4) is 0 Å². The van der Waals surface area contributed by atoms with Gasteiger partial charge in [-0.2, -0.15) is 0 Å². The number of halogens is 2. The molecule has 0 bridgehead atoms. The first-order chi connectivity index (χ1) is 9.58. The van der Waals surface area contributed by atoms with Crippen molar-refractivity contribution in [3.63, 3.8) is 0 Å². The van der Waals surface area contributed by atoms with Gasteiger partial charge in [-0.3, -0.25) is 0 Å². The summed E-state index contributed by atoms with van der Waals surface area (Å²) in [7, 11) is 0. The van der Waals surface area contributed by atoms with Gasteiger partial charge in [0.05, 0.1) is 13.1 Å². The summed E-state index contributed by atoms with van der Waals surface area (Å²) < 4.78 is 19.6. The first kappa shape index (κ1) is 16.2. The van der Waals surface area contributed by atoms with Crippen LogP contribution in [-0.2, 0) is 11.2 Å². The van der Waals surface area contributed by atoms with Gasteiger partial charge in [0, 0.05) is 10.9 Å².